The minimum absolute atomic E-state index is 0.0666. The van der Waals surface area contributed by atoms with E-state index in [4.69, 9.17) is 18.6 Å². The first kappa shape index (κ1) is 50.6. The van der Waals surface area contributed by atoms with Gasteiger partial charge in [0.1, 0.15) is 11.5 Å². The zero-order valence-corrected chi connectivity index (χ0v) is 39.5. The molecule has 2 aliphatic heterocycles. The molecule has 18 heteroatoms. The van der Waals surface area contributed by atoms with Crippen LogP contribution >= 0.6 is 0 Å². The van der Waals surface area contributed by atoms with E-state index < -0.39 is 43.9 Å². The molecule has 0 aromatic heterocycles. The molecule has 0 atom stereocenters. The first-order chi connectivity index (χ1) is 32.4. The number of nitrogens with zero attached hydrogens (tertiary/aromatic N) is 2. The Morgan fingerprint density at radius 3 is 1.10 bits per heavy atom. The summed E-state index contributed by atoms with van der Waals surface area (Å²) < 4.78 is 69.6. The monoisotopic (exact) mass is 964 g/mol. The molecule has 2 heterocycles. The van der Waals surface area contributed by atoms with Crippen molar-refractivity contribution in [1.29, 1.82) is 0 Å². The maximum atomic E-state index is 13.5. The summed E-state index contributed by atoms with van der Waals surface area (Å²) in [6, 6.07) is 33.9. The smallest absolute Gasteiger partial charge is 0.294 e. The number of hydrogen-bond donors (Lipinski definition) is 4. The number of imide groups is 2. The lowest BCUT2D eigenvalue weighted by atomic mass is 9.86. The van der Waals surface area contributed by atoms with Crippen LogP contribution in [-0.4, -0.2) is 99.8 Å². The first-order valence-electron chi connectivity index (χ1n) is 21.5. The van der Waals surface area contributed by atoms with Crippen LogP contribution in [0.15, 0.2) is 131 Å². The van der Waals surface area contributed by atoms with E-state index in [1.807, 2.05) is 62.4 Å². The average Bonchev–Trinajstić information content (AvgIpc) is 3.32. The molecule has 68 heavy (non-hydrogen) atoms. The molecule has 356 valence electrons. The van der Waals surface area contributed by atoms with Gasteiger partial charge in [-0.05, 0) is 124 Å². The lowest BCUT2D eigenvalue weighted by Crippen LogP contribution is -2.44. The van der Waals surface area contributed by atoms with Gasteiger partial charge in [-0.2, -0.15) is 16.8 Å². The summed E-state index contributed by atoms with van der Waals surface area (Å²) in [5, 5.41) is 7.47. The normalized spacial score (nSPS) is 13.1. The highest BCUT2D eigenvalue weighted by Crippen LogP contribution is 2.38. The molecule has 4 amide bonds. The number of nitrogens with one attached hydrogen (secondary N) is 2. The summed E-state index contributed by atoms with van der Waals surface area (Å²) in [5.41, 5.74) is 5.37. The van der Waals surface area contributed by atoms with E-state index in [1.54, 1.807) is 62.8 Å². The van der Waals surface area contributed by atoms with Gasteiger partial charge in [0.05, 0.1) is 24.0 Å². The second-order valence-electron chi connectivity index (χ2n) is 15.9. The largest absolute Gasteiger partial charge is 0.497 e. The fourth-order valence-electron chi connectivity index (χ4n) is 7.56. The zero-order valence-electron chi connectivity index (χ0n) is 37.9. The van der Waals surface area contributed by atoms with Crippen LogP contribution in [-0.2, 0) is 33.3 Å². The lowest BCUT2D eigenvalue weighted by Gasteiger charge is -2.32. The van der Waals surface area contributed by atoms with Gasteiger partial charge in [0.25, 0.3) is 43.9 Å². The third-order valence-corrected chi connectivity index (χ3v) is 12.8. The zero-order chi connectivity index (χ0) is 49.2. The van der Waals surface area contributed by atoms with Crippen molar-refractivity contribution in [1.82, 2.24) is 20.4 Å². The van der Waals surface area contributed by atoms with Crippen LogP contribution in [0.3, 0.4) is 0 Å². The first-order valence-corrected chi connectivity index (χ1v) is 24.4. The molecule has 0 saturated carbocycles. The lowest BCUT2D eigenvalue weighted by molar-refractivity contribution is 0.0587. The van der Waals surface area contributed by atoms with Crippen molar-refractivity contribution < 1.29 is 54.6 Å². The number of methoxy groups -OCH3 is 2. The van der Waals surface area contributed by atoms with Gasteiger partial charge in [-0.3, -0.25) is 38.1 Å². The quantitative estimate of drug-likeness (QED) is 0.0440. The molecule has 0 saturated heterocycles. The van der Waals surface area contributed by atoms with Gasteiger partial charge < -0.3 is 20.1 Å². The van der Waals surface area contributed by atoms with Crippen LogP contribution in [0, 0.1) is 13.8 Å². The van der Waals surface area contributed by atoms with E-state index in [0.29, 0.717) is 72.0 Å². The Hall–Kier alpha value is -6.80. The van der Waals surface area contributed by atoms with Crippen LogP contribution in [0.25, 0.3) is 10.8 Å². The highest BCUT2D eigenvalue weighted by atomic mass is 32.2. The number of aryl methyl sites for hydroxylation is 2. The van der Waals surface area contributed by atoms with Gasteiger partial charge in [0.15, 0.2) is 0 Å². The SMILES string of the molecule is COc1cccc(CNCCCN2C(=O)c3ccc4c5c(ccc(c35)C2=O)C(=O)N(CCCNCc2cccc(OC)c2)C4=O)c1.Cc1ccc(S(=O)(=O)O)cc1.Cc1ccc(S(=O)(=O)O)cc1. The van der Waals surface area contributed by atoms with Crippen molar-refractivity contribution in [3.8, 4) is 11.5 Å². The van der Waals surface area contributed by atoms with Crippen LogP contribution in [0.1, 0.15) is 76.5 Å². The standard InChI is InChI=1S/C36H36N4O6.2C7H8O3S/c1-45-25-9-3-7-23(19-25)21-37-15-5-17-39-33(41)27-11-13-29-32-30(14-12-28(31(27)32)34(39)42)36(44)40(35(29)43)18-6-16-38-22-24-8-4-10-26(20-24)46-2;2*1-6-2-4-7(5-3-6)11(8,9)10/h3-4,7-14,19-20,37-38H,5-6,15-18,21-22H2,1-2H3;2*2-5H,1H3,(H,8,9,10). The van der Waals surface area contributed by atoms with Gasteiger partial charge in [0.2, 0.25) is 0 Å². The van der Waals surface area contributed by atoms with Gasteiger partial charge in [-0.25, -0.2) is 0 Å². The number of benzene rings is 6. The van der Waals surface area contributed by atoms with E-state index in [9.17, 15) is 36.0 Å². The molecule has 16 nitrogen and oxygen atoms in total. The summed E-state index contributed by atoms with van der Waals surface area (Å²) in [5.74, 6) is -0.103. The maximum absolute atomic E-state index is 13.5. The summed E-state index contributed by atoms with van der Waals surface area (Å²) in [6.07, 6.45) is 1.13. The number of rotatable bonds is 16. The Kier molecular flexibility index (Phi) is 16.6. The fraction of sp³-hybridized carbons (Fsp3) is 0.240. The van der Waals surface area contributed by atoms with Crippen molar-refractivity contribution in [2.45, 2.75) is 49.6 Å². The third kappa shape index (κ3) is 12.4. The van der Waals surface area contributed by atoms with Gasteiger partial charge in [-0.1, -0.05) is 59.7 Å². The van der Waals surface area contributed by atoms with Crippen molar-refractivity contribution in [3.05, 3.63) is 166 Å². The minimum Gasteiger partial charge on any atom is -0.497 e. The summed E-state index contributed by atoms with van der Waals surface area (Å²) >= 11 is 0. The highest BCUT2D eigenvalue weighted by molar-refractivity contribution is 7.86. The van der Waals surface area contributed by atoms with E-state index in [1.165, 1.54) is 34.1 Å². The van der Waals surface area contributed by atoms with Crippen molar-refractivity contribution >= 4 is 54.6 Å². The molecule has 0 bridgehead atoms. The summed E-state index contributed by atoms with van der Waals surface area (Å²) in [4.78, 5) is 56.5. The molecule has 6 aromatic rings. The fourth-order valence-corrected chi connectivity index (χ4v) is 8.52. The van der Waals surface area contributed by atoms with Gasteiger partial charge in [-0.15, -0.1) is 0 Å². The minimum atomic E-state index is -4.02. The van der Waals surface area contributed by atoms with Crippen LogP contribution in [0.2, 0.25) is 0 Å². The maximum Gasteiger partial charge on any atom is 0.294 e. The van der Waals surface area contributed by atoms with E-state index in [-0.39, 0.29) is 22.9 Å². The van der Waals surface area contributed by atoms with Crippen molar-refractivity contribution in [2.75, 3.05) is 40.4 Å². The Bertz CT molecular complexity index is 2780. The number of amides is 4. The summed E-state index contributed by atoms with van der Waals surface area (Å²) in [7, 11) is -4.78. The number of hydrogen-bond acceptors (Lipinski definition) is 12. The number of carbonyl (C=O) groups excluding carboxylic acids is 4. The second kappa shape index (κ2) is 22.3. The van der Waals surface area contributed by atoms with Crippen molar-refractivity contribution in [2.24, 2.45) is 0 Å². The number of carbonyl (C=O) groups is 4. The molecule has 0 spiro atoms. The van der Waals surface area contributed by atoms with Crippen LogP contribution < -0.4 is 20.1 Å². The molecule has 0 aliphatic carbocycles. The van der Waals surface area contributed by atoms with E-state index >= 15 is 0 Å². The molecular formula is C50H52N4O12S2. The predicted octanol–water partition coefficient (Wildman–Crippen LogP) is 6.89. The summed E-state index contributed by atoms with van der Waals surface area (Å²) in [6.45, 7) is 6.63. The Morgan fingerprint density at radius 2 is 0.809 bits per heavy atom. The van der Waals surface area contributed by atoms with Gasteiger partial charge in [0, 0.05) is 59.2 Å². The molecule has 2 aliphatic rings. The van der Waals surface area contributed by atoms with Crippen LogP contribution in [0.5, 0.6) is 11.5 Å². The average molecular weight is 965 g/mol. The third-order valence-electron chi connectivity index (χ3n) is 11.1. The Labute approximate surface area is 395 Å². The molecule has 6 aromatic carbocycles. The van der Waals surface area contributed by atoms with Crippen molar-refractivity contribution in [3.63, 3.8) is 0 Å². The Balaban J connectivity index is 0.000000282. The molecular weight excluding hydrogens is 913 g/mol. The molecule has 8 rings (SSSR count). The highest BCUT2D eigenvalue weighted by Gasteiger charge is 2.39. The molecule has 0 fully saturated rings. The Morgan fingerprint density at radius 1 is 0.485 bits per heavy atom. The predicted molar refractivity (Wildman–Crippen MR) is 255 cm³/mol. The topological polar surface area (TPSA) is 226 Å². The van der Waals surface area contributed by atoms with Gasteiger partial charge >= 0.3 is 0 Å². The molecule has 0 unspecified atom stereocenters. The van der Waals surface area contributed by atoms with E-state index in [2.05, 4.69) is 10.6 Å². The van der Waals surface area contributed by atoms with Crippen LogP contribution in [0.4, 0.5) is 0 Å². The number of ether oxygens (including phenoxy) is 2. The van der Waals surface area contributed by atoms with E-state index in [0.717, 1.165) is 33.8 Å². The second-order valence-corrected chi connectivity index (χ2v) is 18.8. The molecule has 0 radical (unpaired) electrons. The molecule has 4 N–H and O–H groups in total.